The van der Waals surface area contributed by atoms with Gasteiger partial charge in [0.1, 0.15) is 5.75 Å². The molecule has 0 radical (unpaired) electrons. The number of hydrogen-bond acceptors (Lipinski definition) is 5. The van der Waals surface area contributed by atoms with Crippen molar-refractivity contribution in [1.82, 2.24) is 0 Å². The minimum absolute atomic E-state index is 0.497. The van der Waals surface area contributed by atoms with Crippen molar-refractivity contribution >= 4 is 24.5 Å². The lowest BCUT2D eigenvalue weighted by Gasteiger charge is -2.22. The SMILES string of the molecule is CCCCC(Oc1cccc(N(S)C(N)=O)c1)Oc1ccccc1OC. The third-order valence-electron chi connectivity index (χ3n) is 3.66. The maximum Gasteiger partial charge on any atom is 0.329 e. The Kier molecular flexibility index (Phi) is 7.47. The molecule has 26 heavy (non-hydrogen) atoms. The summed E-state index contributed by atoms with van der Waals surface area (Å²) in [4.78, 5) is 11.3. The van der Waals surface area contributed by atoms with Gasteiger partial charge < -0.3 is 19.9 Å². The van der Waals surface area contributed by atoms with E-state index in [2.05, 4.69) is 19.7 Å². The van der Waals surface area contributed by atoms with E-state index in [0.717, 1.165) is 17.1 Å². The fourth-order valence-corrected chi connectivity index (χ4v) is 2.46. The van der Waals surface area contributed by atoms with E-state index < -0.39 is 12.3 Å². The van der Waals surface area contributed by atoms with Crippen molar-refractivity contribution in [3.63, 3.8) is 0 Å². The highest BCUT2D eigenvalue weighted by Gasteiger charge is 2.16. The molecule has 2 rings (SSSR count). The van der Waals surface area contributed by atoms with Crippen molar-refractivity contribution in [2.45, 2.75) is 32.5 Å². The van der Waals surface area contributed by atoms with Crippen LogP contribution >= 0.6 is 12.8 Å². The molecule has 2 N–H and O–H groups in total. The normalized spacial score (nSPS) is 11.5. The van der Waals surface area contributed by atoms with Gasteiger partial charge in [-0.15, -0.1) is 0 Å². The number of urea groups is 1. The average molecular weight is 376 g/mol. The molecule has 0 heterocycles. The number of thiol groups is 1. The van der Waals surface area contributed by atoms with Crippen LogP contribution < -0.4 is 24.2 Å². The molecule has 2 aromatic rings. The van der Waals surface area contributed by atoms with E-state index in [0.29, 0.717) is 29.4 Å². The molecule has 0 fully saturated rings. The predicted octanol–water partition coefficient (Wildman–Crippen LogP) is 4.40. The molecule has 140 valence electrons. The maximum atomic E-state index is 11.3. The molecule has 0 aliphatic carbocycles. The minimum Gasteiger partial charge on any atom is -0.493 e. The summed E-state index contributed by atoms with van der Waals surface area (Å²) in [5.74, 6) is 1.81. The van der Waals surface area contributed by atoms with Gasteiger partial charge in [0.2, 0.25) is 6.29 Å². The summed E-state index contributed by atoms with van der Waals surface area (Å²) in [6, 6.07) is 13.7. The first kappa shape index (κ1) is 19.8. The molecule has 1 atom stereocenters. The van der Waals surface area contributed by atoms with Crippen molar-refractivity contribution in [2.24, 2.45) is 5.73 Å². The summed E-state index contributed by atoms with van der Waals surface area (Å²) in [6.07, 6.45) is 2.17. The second-order valence-corrected chi connectivity index (χ2v) is 6.01. The Balaban J connectivity index is 2.17. The highest BCUT2D eigenvalue weighted by atomic mass is 32.1. The van der Waals surface area contributed by atoms with E-state index in [4.69, 9.17) is 19.9 Å². The van der Waals surface area contributed by atoms with Gasteiger partial charge in [0.15, 0.2) is 11.5 Å². The largest absolute Gasteiger partial charge is 0.493 e. The fourth-order valence-electron chi connectivity index (χ4n) is 2.34. The third kappa shape index (κ3) is 5.49. The average Bonchev–Trinajstić information content (AvgIpc) is 2.66. The van der Waals surface area contributed by atoms with Crippen LogP contribution in [-0.4, -0.2) is 19.4 Å². The van der Waals surface area contributed by atoms with E-state index in [1.54, 1.807) is 31.4 Å². The number of rotatable bonds is 9. The van der Waals surface area contributed by atoms with Crippen LogP contribution in [0.3, 0.4) is 0 Å². The van der Waals surface area contributed by atoms with Gasteiger partial charge in [0.25, 0.3) is 0 Å². The quantitative estimate of drug-likeness (QED) is 0.502. The minimum atomic E-state index is -0.668. The molecule has 2 amide bonds. The molecule has 0 saturated carbocycles. The molecule has 0 bridgehead atoms. The number of carbonyl (C=O) groups excluding carboxylic acids is 1. The van der Waals surface area contributed by atoms with E-state index in [1.165, 1.54) is 0 Å². The molecule has 2 aromatic carbocycles. The predicted molar refractivity (Wildman–Crippen MR) is 105 cm³/mol. The van der Waals surface area contributed by atoms with Crippen LogP contribution in [0.2, 0.25) is 0 Å². The Morgan fingerprint density at radius 3 is 2.54 bits per heavy atom. The zero-order valence-electron chi connectivity index (χ0n) is 14.9. The standard InChI is InChI=1S/C19H24N2O4S/c1-3-4-12-18(25-17-11-6-5-10-16(17)23-2)24-15-9-7-8-14(13-15)21(26)19(20)22/h5-11,13,18,26H,3-4,12H2,1-2H3,(H2,20,22). The van der Waals surface area contributed by atoms with Gasteiger partial charge in [-0.2, -0.15) is 0 Å². The molecule has 0 aliphatic heterocycles. The van der Waals surface area contributed by atoms with Crippen LogP contribution in [0.4, 0.5) is 10.5 Å². The Morgan fingerprint density at radius 2 is 1.88 bits per heavy atom. The summed E-state index contributed by atoms with van der Waals surface area (Å²) in [5, 5.41) is 0. The van der Waals surface area contributed by atoms with Crippen LogP contribution in [0.5, 0.6) is 17.2 Å². The zero-order valence-corrected chi connectivity index (χ0v) is 15.8. The van der Waals surface area contributed by atoms with Gasteiger partial charge in [0, 0.05) is 12.5 Å². The highest BCUT2D eigenvalue weighted by molar-refractivity contribution is 7.82. The van der Waals surface area contributed by atoms with Gasteiger partial charge in [-0.25, -0.2) is 9.10 Å². The third-order valence-corrected chi connectivity index (χ3v) is 4.09. The number of amides is 2. The number of hydrogen-bond donors (Lipinski definition) is 2. The van der Waals surface area contributed by atoms with Crippen molar-refractivity contribution in [2.75, 3.05) is 11.4 Å². The summed E-state index contributed by atoms with van der Waals surface area (Å²) in [5.41, 5.74) is 5.77. The molecular weight excluding hydrogens is 352 g/mol. The van der Waals surface area contributed by atoms with E-state index in [1.807, 2.05) is 24.3 Å². The second kappa shape index (κ2) is 9.82. The highest BCUT2D eigenvalue weighted by Crippen LogP contribution is 2.29. The lowest BCUT2D eigenvalue weighted by molar-refractivity contribution is -0.00377. The van der Waals surface area contributed by atoms with Crippen molar-refractivity contribution in [3.8, 4) is 17.2 Å². The second-order valence-electron chi connectivity index (χ2n) is 5.61. The van der Waals surface area contributed by atoms with Gasteiger partial charge in [-0.05, 0) is 30.7 Å². The van der Waals surface area contributed by atoms with Crippen LogP contribution in [0.25, 0.3) is 0 Å². The van der Waals surface area contributed by atoms with Crippen LogP contribution in [0.15, 0.2) is 48.5 Å². The molecule has 0 aromatic heterocycles. The van der Waals surface area contributed by atoms with E-state index >= 15 is 0 Å². The number of nitrogens with zero attached hydrogens (tertiary/aromatic N) is 1. The lowest BCUT2D eigenvalue weighted by Crippen LogP contribution is -2.27. The zero-order chi connectivity index (χ0) is 18.9. The lowest BCUT2D eigenvalue weighted by atomic mass is 10.2. The van der Waals surface area contributed by atoms with Gasteiger partial charge in [0.05, 0.1) is 12.8 Å². The van der Waals surface area contributed by atoms with Crippen molar-refractivity contribution in [1.29, 1.82) is 0 Å². The number of benzene rings is 2. The number of methoxy groups -OCH3 is 1. The maximum absolute atomic E-state index is 11.3. The fraction of sp³-hybridized carbons (Fsp3) is 0.316. The summed E-state index contributed by atoms with van der Waals surface area (Å²) >= 11 is 4.07. The van der Waals surface area contributed by atoms with Crippen LogP contribution in [-0.2, 0) is 0 Å². The van der Waals surface area contributed by atoms with Crippen LogP contribution in [0, 0.1) is 0 Å². The number of anilines is 1. The summed E-state index contributed by atoms with van der Waals surface area (Å²) in [7, 11) is 1.60. The molecule has 0 spiro atoms. The van der Waals surface area contributed by atoms with Gasteiger partial charge in [-0.3, -0.25) is 0 Å². The first-order valence-corrected chi connectivity index (χ1v) is 8.80. The Bertz CT molecular complexity index is 726. The van der Waals surface area contributed by atoms with E-state index in [-0.39, 0.29) is 0 Å². The number of primary amides is 1. The number of unbranched alkanes of at least 4 members (excludes halogenated alkanes) is 1. The smallest absolute Gasteiger partial charge is 0.329 e. The number of carbonyl (C=O) groups is 1. The van der Waals surface area contributed by atoms with Gasteiger partial charge >= 0.3 is 6.03 Å². The van der Waals surface area contributed by atoms with E-state index in [9.17, 15) is 4.79 Å². The first-order chi connectivity index (χ1) is 12.5. The molecule has 6 nitrogen and oxygen atoms in total. The van der Waals surface area contributed by atoms with Crippen LogP contribution in [0.1, 0.15) is 26.2 Å². The topological polar surface area (TPSA) is 74.0 Å². The van der Waals surface area contributed by atoms with Crippen molar-refractivity contribution in [3.05, 3.63) is 48.5 Å². The Hall–Kier alpha value is -2.54. The summed E-state index contributed by atoms with van der Waals surface area (Å²) < 4.78 is 18.4. The molecule has 7 heteroatoms. The number of nitrogens with two attached hydrogens (primary N) is 1. The molecule has 1 unspecified atom stereocenters. The van der Waals surface area contributed by atoms with Crippen molar-refractivity contribution < 1.29 is 19.0 Å². The first-order valence-electron chi connectivity index (χ1n) is 8.40. The number of ether oxygens (including phenoxy) is 3. The Labute approximate surface area is 159 Å². The molecular formula is C19H24N2O4S. The molecule has 0 saturated heterocycles. The monoisotopic (exact) mass is 376 g/mol. The van der Waals surface area contributed by atoms with Gasteiger partial charge in [-0.1, -0.05) is 44.4 Å². The molecule has 0 aliphatic rings. The Morgan fingerprint density at radius 1 is 1.15 bits per heavy atom. The number of para-hydroxylation sites is 2. The summed E-state index contributed by atoms with van der Waals surface area (Å²) in [6.45, 7) is 2.10.